The topological polar surface area (TPSA) is 162 Å². The van der Waals surface area contributed by atoms with Crippen molar-refractivity contribution in [1.82, 2.24) is 5.32 Å². The first-order valence-electron chi connectivity index (χ1n) is 7.19. The number of nitro groups is 2. The SMILES string of the molecule is CC(C)C[C@H](NC(=O)OCc1cc([N+](=O)[O-])cc([N+](=O)[O-])c1)C(=O)O. The summed E-state index contributed by atoms with van der Waals surface area (Å²) in [6, 6.07) is 1.70. The van der Waals surface area contributed by atoms with Crippen LogP contribution >= 0.6 is 0 Å². The molecule has 1 amide bonds. The van der Waals surface area contributed by atoms with E-state index in [0.29, 0.717) is 0 Å². The number of rotatable bonds is 8. The third-order valence-electron chi connectivity index (χ3n) is 3.05. The Balaban J connectivity index is 2.79. The number of benzene rings is 1. The second-order valence-electron chi connectivity index (χ2n) is 5.61. The van der Waals surface area contributed by atoms with Crippen LogP contribution in [0, 0.1) is 26.1 Å². The molecule has 0 bridgehead atoms. The fraction of sp³-hybridized carbons (Fsp3) is 0.429. The fourth-order valence-electron chi connectivity index (χ4n) is 1.98. The molecule has 25 heavy (non-hydrogen) atoms. The molecule has 0 fully saturated rings. The van der Waals surface area contributed by atoms with Crippen molar-refractivity contribution in [1.29, 1.82) is 0 Å². The third kappa shape index (κ3) is 6.41. The molecular formula is C14H17N3O8. The number of alkyl carbamates (subject to hydrolysis) is 1. The van der Waals surface area contributed by atoms with Gasteiger partial charge in [-0.25, -0.2) is 9.59 Å². The molecule has 1 atom stereocenters. The molecular weight excluding hydrogens is 338 g/mol. The third-order valence-corrected chi connectivity index (χ3v) is 3.05. The Bertz CT molecular complexity index is 656. The molecule has 0 spiro atoms. The normalized spacial score (nSPS) is 11.6. The van der Waals surface area contributed by atoms with Crippen LogP contribution in [0.4, 0.5) is 16.2 Å². The summed E-state index contributed by atoms with van der Waals surface area (Å²) in [6.07, 6.45) is -0.852. The molecule has 0 radical (unpaired) electrons. The van der Waals surface area contributed by atoms with E-state index in [4.69, 9.17) is 9.84 Å². The van der Waals surface area contributed by atoms with Crippen LogP contribution in [0.5, 0.6) is 0 Å². The molecule has 0 unspecified atom stereocenters. The van der Waals surface area contributed by atoms with Crippen LogP contribution in [0.3, 0.4) is 0 Å². The number of hydrogen-bond donors (Lipinski definition) is 2. The second-order valence-corrected chi connectivity index (χ2v) is 5.61. The average molecular weight is 355 g/mol. The first-order chi connectivity index (χ1) is 11.6. The summed E-state index contributed by atoms with van der Waals surface area (Å²) >= 11 is 0. The van der Waals surface area contributed by atoms with Gasteiger partial charge in [0.2, 0.25) is 0 Å². The van der Waals surface area contributed by atoms with Gasteiger partial charge < -0.3 is 15.2 Å². The minimum absolute atomic E-state index is 0.0147. The zero-order valence-electron chi connectivity index (χ0n) is 13.5. The molecule has 2 N–H and O–H groups in total. The number of aliphatic carboxylic acids is 1. The van der Waals surface area contributed by atoms with Crippen molar-refractivity contribution in [3.8, 4) is 0 Å². The zero-order valence-corrected chi connectivity index (χ0v) is 13.5. The maximum absolute atomic E-state index is 11.7. The standard InChI is InChI=1S/C14H17N3O8/c1-8(2)3-12(13(18)19)15-14(20)25-7-9-4-10(16(21)22)6-11(5-9)17(23)24/h4-6,8,12H,3,7H2,1-2H3,(H,15,20)(H,18,19)/t12-/m0/s1. The van der Waals surface area contributed by atoms with E-state index in [1.807, 2.05) is 0 Å². The molecule has 0 aliphatic rings. The van der Waals surface area contributed by atoms with Crippen LogP contribution in [0.2, 0.25) is 0 Å². The highest BCUT2D eigenvalue weighted by molar-refractivity contribution is 5.79. The van der Waals surface area contributed by atoms with E-state index in [-0.39, 0.29) is 17.9 Å². The molecule has 0 aliphatic heterocycles. The van der Waals surface area contributed by atoms with Crippen molar-refractivity contribution in [2.24, 2.45) is 5.92 Å². The fourth-order valence-corrected chi connectivity index (χ4v) is 1.98. The van der Waals surface area contributed by atoms with Gasteiger partial charge in [0.15, 0.2) is 0 Å². The molecule has 0 aliphatic carbocycles. The van der Waals surface area contributed by atoms with Crippen LogP contribution in [0.1, 0.15) is 25.8 Å². The highest BCUT2D eigenvalue weighted by atomic mass is 16.6. The summed E-state index contributed by atoms with van der Waals surface area (Å²) in [7, 11) is 0. The van der Waals surface area contributed by atoms with E-state index in [2.05, 4.69) is 5.32 Å². The molecule has 136 valence electrons. The molecule has 1 rings (SSSR count). The van der Waals surface area contributed by atoms with Crippen molar-refractivity contribution in [3.63, 3.8) is 0 Å². The van der Waals surface area contributed by atoms with E-state index in [1.165, 1.54) is 0 Å². The number of nitrogens with one attached hydrogen (secondary N) is 1. The summed E-state index contributed by atoms with van der Waals surface area (Å²) < 4.78 is 4.80. The van der Waals surface area contributed by atoms with Gasteiger partial charge in [0, 0.05) is 17.7 Å². The van der Waals surface area contributed by atoms with Crippen molar-refractivity contribution >= 4 is 23.4 Å². The van der Waals surface area contributed by atoms with Crippen LogP contribution in [0.15, 0.2) is 18.2 Å². The summed E-state index contributed by atoms with van der Waals surface area (Å²) in [5.74, 6) is -1.21. The minimum Gasteiger partial charge on any atom is -0.480 e. The maximum atomic E-state index is 11.7. The Morgan fingerprint density at radius 1 is 1.16 bits per heavy atom. The lowest BCUT2D eigenvalue weighted by Gasteiger charge is -2.16. The van der Waals surface area contributed by atoms with Gasteiger partial charge in [0.25, 0.3) is 11.4 Å². The van der Waals surface area contributed by atoms with E-state index in [9.17, 15) is 29.8 Å². The highest BCUT2D eigenvalue weighted by Gasteiger charge is 2.22. The van der Waals surface area contributed by atoms with Crippen molar-refractivity contribution in [3.05, 3.63) is 44.0 Å². The first-order valence-corrected chi connectivity index (χ1v) is 7.19. The van der Waals surface area contributed by atoms with Crippen molar-refractivity contribution in [2.45, 2.75) is 32.9 Å². The molecule has 0 saturated heterocycles. The highest BCUT2D eigenvalue weighted by Crippen LogP contribution is 2.23. The van der Waals surface area contributed by atoms with Gasteiger partial charge in [-0.3, -0.25) is 20.2 Å². The summed E-state index contributed by atoms with van der Waals surface area (Å²) in [6.45, 7) is 3.08. The minimum atomic E-state index is -1.23. The second kappa shape index (κ2) is 8.57. The molecule has 1 aromatic carbocycles. The van der Waals surface area contributed by atoms with Gasteiger partial charge >= 0.3 is 12.1 Å². The number of hydrogen-bond acceptors (Lipinski definition) is 7. The van der Waals surface area contributed by atoms with Crippen LogP contribution in [0.25, 0.3) is 0 Å². The van der Waals surface area contributed by atoms with Crippen LogP contribution in [-0.2, 0) is 16.1 Å². The molecule has 0 heterocycles. The van der Waals surface area contributed by atoms with Gasteiger partial charge in [-0.1, -0.05) is 13.8 Å². The number of nitrogens with zero attached hydrogens (tertiary/aromatic N) is 2. The molecule has 0 aromatic heterocycles. The first kappa shape index (κ1) is 19.8. The van der Waals surface area contributed by atoms with Gasteiger partial charge in [-0.2, -0.15) is 0 Å². The average Bonchev–Trinajstić information content (AvgIpc) is 2.51. The van der Waals surface area contributed by atoms with Gasteiger partial charge in [-0.15, -0.1) is 0 Å². The summed E-state index contributed by atoms with van der Waals surface area (Å²) in [4.78, 5) is 42.7. The molecule has 0 saturated carbocycles. The smallest absolute Gasteiger partial charge is 0.408 e. The molecule has 11 heteroatoms. The van der Waals surface area contributed by atoms with Gasteiger partial charge in [0.05, 0.1) is 15.9 Å². The number of carboxylic acids is 1. The number of carbonyl (C=O) groups is 2. The Labute approximate surface area is 141 Å². The maximum Gasteiger partial charge on any atom is 0.408 e. The lowest BCUT2D eigenvalue weighted by molar-refractivity contribution is -0.394. The lowest BCUT2D eigenvalue weighted by atomic mass is 10.0. The largest absolute Gasteiger partial charge is 0.480 e. The van der Waals surface area contributed by atoms with Crippen molar-refractivity contribution < 1.29 is 29.3 Å². The predicted octanol–water partition coefficient (Wildman–Crippen LogP) is 2.23. The van der Waals surface area contributed by atoms with E-state index in [0.717, 1.165) is 18.2 Å². The number of carbonyl (C=O) groups excluding carboxylic acids is 1. The van der Waals surface area contributed by atoms with Crippen molar-refractivity contribution in [2.75, 3.05) is 0 Å². The predicted molar refractivity (Wildman–Crippen MR) is 84.0 cm³/mol. The molecule has 11 nitrogen and oxygen atoms in total. The van der Waals surface area contributed by atoms with Crippen LogP contribution < -0.4 is 5.32 Å². The van der Waals surface area contributed by atoms with Gasteiger partial charge in [-0.05, 0) is 12.3 Å². The van der Waals surface area contributed by atoms with Crippen LogP contribution in [-0.4, -0.2) is 33.1 Å². The Morgan fingerprint density at radius 3 is 2.08 bits per heavy atom. The zero-order chi connectivity index (χ0) is 19.1. The summed E-state index contributed by atoms with van der Waals surface area (Å²) in [5.41, 5.74) is -1.00. The summed E-state index contributed by atoms with van der Waals surface area (Å²) in [5, 5.41) is 32.8. The Morgan fingerprint density at radius 2 is 1.68 bits per heavy atom. The number of non-ortho nitro benzene ring substituents is 2. The van der Waals surface area contributed by atoms with Gasteiger partial charge in [0.1, 0.15) is 12.6 Å². The Kier molecular flexibility index (Phi) is 6.79. The van der Waals surface area contributed by atoms with E-state index >= 15 is 0 Å². The Hall–Kier alpha value is -3.24. The number of carboxylic acid groups (broad SMARTS) is 1. The number of ether oxygens (including phenoxy) is 1. The lowest BCUT2D eigenvalue weighted by Crippen LogP contribution is -2.41. The number of amides is 1. The monoisotopic (exact) mass is 355 g/mol. The molecule has 1 aromatic rings. The van der Waals surface area contributed by atoms with E-state index in [1.54, 1.807) is 13.8 Å². The van der Waals surface area contributed by atoms with E-state index < -0.39 is 45.9 Å². The number of nitro benzene ring substituents is 2. The quantitative estimate of drug-likeness (QED) is 0.529.